The lowest BCUT2D eigenvalue weighted by Gasteiger charge is -1.98. The number of para-hydroxylation sites is 1. The van der Waals surface area contributed by atoms with Gasteiger partial charge in [-0.05, 0) is 23.7 Å². The van der Waals surface area contributed by atoms with Gasteiger partial charge in [0.2, 0.25) is 0 Å². The zero-order valence-corrected chi connectivity index (χ0v) is 12.5. The summed E-state index contributed by atoms with van der Waals surface area (Å²) in [6, 6.07) is 13.5. The lowest BCUT2D eigenvalue weighted by Crippen LogP contribution is -2.18. The highest BCUT2D eigenvalue weighted by Crippen LogP contribution is 2.22. The Kier molecular flexibility index (Phi) is 4.07. The molecule has 0 unspecified atom stereocenters. The molecule has 8 heteroatoms. The minimum Gasteiger partial charge on any atom is -0.265 e. The molecule has 0 aliphatic rings. The number of hydrogen-bond acceptors (Lipinski definition) is 6. The van der Waals surface area contributed by atoms with Gasteiger partial charge < -0.3 is 0 Å². The number of fused-ring (bicyclic) bond motifs is 1. The number of aromatic nitrogens is 1. The number of rotatable bonds is 4. The number of amides is 1. The number of hydrogen-bond donors (Lipinski definition) is 1. The molecule has 1 amide bonds. The first-order valence-electron chi connectivity index (χ1n) is 6.58. The summed E-state index contributed by atoms with van der Waals surface area (Å²) >= 11 is 1.23. The molecule has 0 radical (unpaired) electrons. The summed E-state index contributed by atoms with van der Waals surface area (Å²) in [7, 11) is 0. The summed E-state index contributed by atoms with van der Waals surface area (Å²) in [4.78, 5) is 22.5. The first-order valence-corrected chi connectivity index (χ1v) is 7.35. The number of nitrogens with zero attached hydrogens (tertiary/aromatic N) is 3. The van der Waals surface area contributed by atoms with Crippen LogP contribution in [0.25, 0.3) is 10.1 Å². The van der Waals surface area contributed by atoms with E-state index in [9.17, 15) is 14.9 Å². The van der Waals surface area contributed by atoms with Crippen LogP contribution in [0, 0.1) is 10.1 Å². The smallest absolute Gasteiger partial charge is 0.265 e. The molecule has 0 fully saturated rings. The lowest BCUT2D eigenvalue weighted by molar-refractivity contribution is -0.385. The summed E-state index contributed by atoms with van der Waals surface area (Å²) in [5.74, 6) is -0.461. The quantitative estimate of drug-likeness (QED) is 0.453. The van der Waals surface area contributed by atoms with Crippen LogP contribution < -0.4 is 5.43 Å². The number of carbonyl (C=O) groups is 1. The average molecular weight is 326 g/mol. The highest BCUT2D eigenvalue weighted by molar-refractivity contribution is 7.13. The molecule has 2 aromatic carbocycles. The van der Waals surface area contributed by atoms with Crippen molar-refractivity contribution in [1.82, 2.24) is 9.80 Å². The molecular weight excluding hydrogens is 316 g/mol. The van der Waals surface area contributed by atoms with Gasteiger partial charge in [0, 0.05) is 11.5 Å². The molecule has 23 heavy (non-hydrogen) atoms. The molecule has 0 aliphatic heterocycles. The molecule has 3 aromatic rings. The largest absolute Gasteiger partial charge is 0.291 e. The Morgan fingerprint density at radius 2 is 1.96 bits per heavy atom. The SMILES string of the molecule is O=C(N/N=C/c1ccccc1[N+](=O)[O-])c1nsc2ccccc12. The van der Waals surface area contributed by atoms with E-state index in [0.29, 0.717) is 5.56 Å². The van der Waals surface area contributed by atoms with Crippen LogP contribution in [0.2, 0.25) is 0 Å². The fourth-order valence-corrected chi connectivity index (χ4v) is 2.80. The van der Waals surface area contributed by atoms with Gasteiger partial charge in [-0.1, -0.05) is 30.3 Å². The fraction of sp³-hybridized carbons (Fsp3) is 0. The standard InChI is InChI=1S/C15H10N4O3S/c20-15(14-11-6-2-4-8-13(11)23-18-14)17-16-9-10-5-1-3-7-12(10)19(21)22/h1-9H,(H,17,20)/b16-9+. The molecular formula is C15H10N4O3S. The zero-order chi connectivity index (χ0) is 16.2. The van der Waals surface area contributed by atoms with E-state index >= 15 is 0 Å². The van der Waals surface area contributed by atoms with Gasteiger partial charge in [0.25, 0.3) is 11.6 Å². The van der Waals surface area contributed by atoms with Crippen LogP contribution in [-0.4, -0.2) is 21.4 Å². The molecule has 1 aromatic heterocycles. The highest BCUT2D eigenvalue weighted by Gasteiger charge is 2.14. The predicted molar refractivity (Wildman–Crippen MR) is 87.8 cm³/mol. The van der Waals surface area contributed by atoms with Crippen molar-refractivity contribution in [3.8, 4) is 0 Å². The van der Waals surface area contributed by atoms with E-state index < -0.39 is 10.8 Å². The van der Waals surface area contributed by atoms with Crippen molar-refractivity contribution in [1.29, 1.82) is 0 Å². The third kappa shape index (κ3) is 3.06. The predicted octanol–water partition coefficient (Wildman–Crippen LogP) is 2.97. The molecule has 0 bridgehead atoms. The number of nitrogens with one attached hydrogen (secondary N) is 1. The first-order chi connectivity index (χ1) is 11.2. The van der Waals surface area contributed by atoms with E-state index in [1.807, 2.05) is 18.2 Å². The van der Waals surface area contributed by atoms with Crippen LogP contribution in [0.3, 0.4) is 0 Å². The second-order valence-corrected chi connectivity index (χ2v) is 5.35. The van der Waals surface area contributed by atoms with Crippen molar-refractivity contribution in [3.05, 3.63) is 69.9 Å². The van der Waals surface area contributed by atoms with E-state index in [2.05, 4.69) is 14.9 Å². The van der Waals surface area contributed by atoms with Crippen molar-refractivity contribution in [3.63, 3.8) is 0 Å². The fourth-order valence-electron chi connectivity index (χ4n) is 2.03. The number of nitro benzene ring substituents is 1. The Bertz CT molecular complexity index is 920. The van der Waals surface area contributed by atoms with Crippen LogP contribution in [0.1, 0.15) is 16.1 Å². The number of hydrazone groups is 1. The van der Waals surface area contributed by atoms with E-state index in [-0.39, 0.29) is 11.4 Å². The third-order valence-electron chi connectivity index (χ3n) is 3.10. The van der Waals surface area contributed by atoms with Gasteiger partial charge in [0.05, 0.1) is 21.4 Å². The number of benzene rings is 2. The zero-order valence-electron chi connectivity index (χ0n) is 11.7. The van der Waals surface area contributed by atoms with Crippen molar-refractivity contribution in [2.75, 3.05) is 0 Å². The van der Waals surface area contributed by atoms with E-state index in [4.69, 9.17) is 0 Å². The second-order valence-electron chi connectivity index (χ2n) is 4.54. The molecule has 1 heterocycles. The summed E-state index contributed by atoms with van der Waals surface area (Å²) in [6.07, 6.45) is 1.24. The monoisotopic (exact) mass is 326 g/mol. The van der Waals surface area contributed by atoms with E-state index in [1.165, 1.54) is 23.8 Å². The Morgan fingerprint density at radius 3 is 2.78 bits per heavy atom. The molecule has 0 atom stereocenters. The van der Waals surface area contributed by atoms with Crippen molar-refractivity contribution in [2.45, 2.75) is 0 Å². The number of carbonyl (C=O) groups excluding carboxylic acids is 1. The summed E-state index contributed by atoms with van der Waals surface area (Å²) in [5, 5.41) is 15.4. The van der Waals surface area contributed by atoms with Crippen LogP contribution >= 0.6 is 11.5 Å². The van der Waals surface area contributed by atoms with Gasteiger partial charge in [0.15, 0.2) is 5.69 Å². The molecule has 0 aliphatic carbocycles. The van der Waals surface area contributed by atoms with Crippen LogP contribution in [0.4, 0.5) is 5.69 Å². The van der Waals surface area contributed by atoms with Crippen molar-refractivity contribution >= 4 is 39.4 Å². The van der Waals surface area contributed by atoms with Gasteiger partial charge in [-0.2, -0.15) is 9.47 Å². The first kappa shape index (κ1) is 14.8. The van der Waals surface area contributed by atoms with Gasteiger partial charge >= 0.3 is 0 Å². The normalized spacial score (nSPS) is 11.0. The highest BCUT2D eigenvalue weighted by atomic mass is 32.1. The Morgan fingerprint density at radius 1 is 1.22 bits per heavy atom. The summed E-state index contributed by atoms with van der Waals surface area (Å²) < 4.78 is 5.02. The van der Waals surface area contributed by atoms with Gasteiger partial charge in [-0.25, -0.2) is 5.43 Å². The summed E-state index contributed by atoms with van der Waals surface area (Å²) in [5.41, 5.74) is 2.85. The van der Waals surface area contributed by atoms with E-state index in [1.54, 1.807) is 24.3 Å². The molecule has 0 spiro atoms. The van der Waals surface area contributed by atoms with Gasteiger partial charge in [-0.15, -0.1) is 0 Å². The van der Waals surface area contributed by atoms with Gasteiger partial charge in [0.1, 0.15) is 0 Å². The molecule has 0 saturated heterocycles. The molecule has 3 rings (SSSR count). The maximum absolute atomic E-state index is 12.1. The van der Waals surface area contributed by atoms with Crippen molar-refractivity contribution < 1.29 is 9.72 Å². The minimum atomic E-state index is -0.503. The maximum Gasteiger partial charge on any atom is 0.291 e. The van der Waals surface area contributed by atoms with Crippen molar-refractivity contribution in [2.24, 2.45) is 5.10 Å². The third-order valence-corrected chi connectivity index (χ3v) is 3.92. The number of nitro groups is 1. The average Bonchev–Trinajstić information content (AvgIpc) is 2.99. The second kappa shape index (κ2) is 6.32. The van der Waals surface area contributed by atoms with Crippen LogP contribution in [-0.2, 0) is 0 Å². The minimum absolute atomic E-state index is 0.0791. The van der Waals surface area contributed by atoms with E-state index in [0.717, 1.165) is 10.1 Å². The Balaban J connectivity index is 1.78. The molecule has 1 N–H and O–H groups in total. The van der Waals surface area contributed by atoms with Crippen LogP contribution in [0.15, 0.2) is 53.6 Å². The topological polar surface area (TPSA) is 97.5 Å². The maximum atomic E-state index is 12.1. The molecule has 7 nitrogen and oxygen atoms in total. The van der Waals surface area contributed by atoms with Crippen LogP contribution in [0.5, 0.6) is 0 Å². The Labute approximate surface area is 134 Å². The molecule has 0 saturated carbocycles. The molecule has 114 valence electrons. The lowest BCUT2D eigenvalue weighted by atomic mass is 10.2. The van der Waals surface area contributed by atoms with Gasteiger partial charge in [-0.3, -0.25) is 14.9 Å². The summed E-state index contributed by atoms with van der Waals surface area (Å²) in [6.45, 7) is 0. The Hall–Kier alpha value is -3.13.